The Morgan fingerprint density at radius 2 is 1.75 bits per heavy atom. The van der Waals surface area contributed by atoms with Crippen molar-refractivity contribution in [3.8, 4) is 5.75 Å². The molecular formula is C26H30F3N3O3S. The summed E-state index contributed by atoms with van der Waals surface area (Å²) in [4.78, 5) is 19.1. The van der Waals surface area contributed by atoms with E-state index >= 15 is 0 Å². The van der Waals surface area contributed by atoms with Gasteiger partial charge in [0, 0.05) is 43.1 Å². The summed E-state index contributed by atoms with van der Waals surface area (Å²) in [5.41, 5.74) is 2.91. The van der Waals surface area contributed by atoms with E-state index in [2.05, 4.69) is 30.8 Å². The molecule has 0 radical (unpaired) electrons. The highest BCUT2D eigenvalue weighted by atomic mass is 32.1. The number of ether oxygens (including phenoxy) is 2. The van der Waals surface area contributed by atoms with E-state index in [9.17, 15) is 18.0 Å². The largest absolute Gasteiger partial charge is 0.573 e. The smallest absolute Gasteiger partial charge is 0.406 e. The van der Waals surface area contributed by atoms with Crippen LogP contribution in [0.15, 0.2) is 53.9 Å². The molecule has 0 aliphatic rings. The molecule has 0 unspecified atom stereocenters. The first-order valence-electron chi connectivity index (χ1n) is 11.4. The zero-order chi connectivity index (χ0) is 26.3. The molecule has 0 aliphatic heterocycles. The molecule has 0 atom stereocenters. The molecule has 0 aliphatic carbocycles. The van der Waals surface area contributed by atoms with E-state index in [4.69, 9.17) is 9.72 Å². The van der Waals surface area contributed by atoms with Crippen molar-refractivity contribution in [1.29, 1.82) is 0 Å². The molecule has 3 rings (SSSR count). The number of rotatable bonds is 10. The fourth-order valence-corrected chi connectivity index (χ4v) is 4.41. The maximum atomic E-state index is 12.7. The average Bonchev–Trinajstić information content (AvgIpc) is 3.29. The van der Waals surface area contributed by atoms with Crippen molar-refractivity contribution in [1.82, 2.24) is 10.3 Å². The van der Waals surface area contributed by atoms with E-state index in [0.717, 1.165) is 16.4 Å². The number of hydrogen-bond donors (Lipinski definition) is 1. The van der Waals surface area contributed by atoms with E-state index in [1.165, 1.54) is 29.5 Å². The first-order valence-corrected chi connectivity index (χ1v) is 12.2. The fraction of sp³-hybridized carbons (Fsp3) is 0.385. The van der Waals surface area contributed by atoms with E-state index < -0.39 is 6.36 Å². The minimum Gasteiger partial charge on any atom is -0.406 e. The summed E-state index contributed by atoms with van der Waals surface area (Å²) in [5, 5.41) is 5.53. The van der Waals surface area contributed by atoms with E-state index in [-0.39, 0.29) is 17.1 Å². The summed E-state index contributed by atoms with van der Waals surface area (Å²) in [7, 11) is 1.57. The lowest BCUT2D eigenvalue weighted by atomic mass is 9.93. The number of benzene rings is 2. The number of amides is 1. The molecule has 6 nitrogen and oxygen atoms in total. The Bertz CT molecular complexity index is 1140. The molecule has 2 aromatic carbocycles. The average molecular weight is 522 g/mol. The number of anilines is 1. The predicted molar refractivity (Wildman–Crippen MR) is 134 cm³/mol. The minimum absolute atomic E-state index is 0.140. The van der Waals surface area contributed by atoms with Crippen molar-refractivity contribution < 1.29 is 27.4 Å². The topological polar surface area (TPSA) is 63.7 Å². The summed E-state index contributed by atoms with van der Waals surface area (Å²) in [6.45, 7) is 7.85. The van der Waals surface area contributed by atoms with Crippen molar-refractivity contribution in [3.63, 3.8) is 0 Å². The highest BCUT2D eigenvalue weighted by Crippen LogP contribution is 2.31. The minimum atomic E-state index is -4.76. The maximum Gasteiger partial charge on any atom is 0.573 e. The Balaban J connectivity index is 1.82. The standard InChI is InChI=1S/C26H30F3N3O3S/c1-25(2,3)22-17-36-24(31-22)32(16-19-6-5-7-21(14-19)35-26(27,28)29)15-18-8-10-20(11-9-18)23(33)30-12-13-34-4/h5-11,14,17H,12-13,15-16H2,1-4H3,(H,30,33). The molecule has 0 fully saturated rings. The zero-order valence-electron chi connectivity index (χ0n) is 20.7. The summed E-state index contributed by atoms with van der Waals surface area (Å²) in [6.07, 6.45) is -4.76. The van der Waals surface area contributed by atoms with Crippen molar-refractivity contribution in [2.24, 2.45) is 0 Å². The van der Waals surface area contributed by atoms with Crippen molar-refractivity contribution in [2.75, 3.05) is 25.2 Å². The van der Waals surface area contributed by atoms with E-state index in [1.807, 2.05) is 22.4 Å². The Morgan fingerprint density at radius 3 is 2.36 bits per heavy atom. The molecule has 1 aromatic heterocycles. The van der Waals surface area contributed by atoms with Crippen LogP contribution in [0.5, 0.6) is 5.75 Å². The lowest BCUT2D eigenvalue weighted by molar-refractivity contribution is -0.274. The Kier molecular flexibility index (Phi) is 8.97. The van der Waals surface area contributed by atoms with Gasteiger partial charge in [-0.05, 0) is 35.4 Å². The molecule has 36 heavy (non-hydrogen) atoms. The van der Waals surface area contributed by atoms with Gasteiger partial charge in [0.1, 0.15) is 5.75 Å². The van der Waals surface area contributed by atoms with Crippen LogP contribution in [0, 0.1) is 0 Å². The Morgan fingerprint density at radius 1 is 1.06 bits per heavy atom. The lowest BCUT2D eigenvalue weighted by Gasteiger charge is -2.23. The Labute approximate surface area is 213 Å². The third-order valence-electron chi connectivity index (χ3n) is 5.22. The van der Waals surface area contributed by atoms with Crippen LogP contribution in [0.4, 0.5) is 18.3 Å². The summed E-state index contributed by atoms with van der Waals surface area (Å²) in [6, 6.07) is 13.2. The van der Waals surface area contributed by atoms with Gasteiger partial charge >= 0.3 is 6.36 Å². The molecule has 0 saturated heterocycles. The van der Waals surface area contributed by atoms with Crippen molar-refractivity contribution in [3.05, 3.63) is 76.3 Å². The van der Waals surface area contributed by atoms with Crippen molar-refractivity contribution in [2.45, 2.75) is 45.6 Å². The second-order valence-electron chi connectivity index (χ2n) is 9.26. The summed E-state index contributed by atoms with van der Waals surface area (Å²) in [5.74, 6) is -0.454. The van der Waals surface area contributed by atoms with Gasteiger partial charge < -0.3 is 19.7 Å². The third-order valence-corrected chi connectivity index (χ3v) is 6.12. The molecule has 0 spiro atoms. The molecule has 1 amide bonds. The van der Waals surface area contributed by atoms with Gasteiger partial charge in [0.15, 0.2) is 5.13 Å². The van der Waals surface area contributed by atoms with Crippen LogP contribution < -0.4 is 15.0 Å². The van der Waals surface area contributed by atoms with Gasteiger partial charge in [-0.15, -0.1) is 24.5 Å². The number of nitrogens with one attached hydrogen (secondary N) is 1. The molecule has 3 aromatic rings. The number of aromatic nitrogens is 1. The number of methoxy groups -OCH3 is 1. The van der Waals surface area contributed by atoms with Gasteiger partial charge in [-0.1, -0.05) is 45.0 Å². The van der Waals surface area contributed by atoms with E-state index in [0.29, 0.717) is 37.4 Å². The van der Waals surface area contributed by atoms with Gasteiger partial charge in [0.25, 0.3) is 5.91 Å². The maximum absolute atomic E-state index is 12.7. The number of halogens is 3. The number of carbonyl (C=O) groups is 1. The second kappa shape index (κ2) is 11.7. The number of hydrogen-bond acceptors (Lipinski definition) is 6. The van der Waals surface area contributed by atoms with Crippen LogP contribution in [0.1, 0.15) is 48.0 Å². The molecule has 0 bridgehead atoms. The van der Waals surface area contributed by atoms with Gasteiger partial charge in [-0.2, -0.15) is 0 Å². The highest BCUT2D eigenvalue weighted by molar-refractivity contribution is 7.13. The Hall–Kier alpha value is -3.11. The van der Waals surface area contributed by atoms with Gasteiger partial charge in [-0.3, -0.25) is 4.79 Å². The number of nitrogens with zero attached hydrogens (tertiary/aromatic N) is 2. The van der Waals surface area contributed by atoms with Crippen LogP contribution in [-0.4, -0.2) is 37.5 Å². The molecule has 1 N–H and O–H groups in total. The van der Waals surface area contributed by atoms with Crippen LogP contribution in [-0.2, 0) is 23.2 Å². The first kappa shape index (κ1) is 27.5. The second-order valence-corrected chi connectivity index (χ2v) is 10.1. The molecule has 10 heteroatoms. The monoisotopic (exact) mass is 521 g/mol. The van der Waals surface area contributed by atoms with Crippen LogP contribution in [0.3, 0.4) is 0 Å². The van der Waals surface area contributed by atoms with Crippen molar-refractivity contribution >= 4 is 22.4 Å². The number of carbonyl (C=O) groups excluding carboxylic acids is 1. The lowest BCUT2D eigenvalue weighted by Crippen LogP contribution is -2.27. The predicted octanol–water partition coefficient (Wildman–Crippen LogP) is 5.92. The van der Waals surface area contributed by atoms with E-state index in [1.54, 1.807) is 25.3 Å². The quantitative estimate of drug-likeness (QED) is 0.336. The normalized spacial score (nSPS) is 11.9. The van der Waals surface area contributed by atoms with Gasteiger partial charge in [-0.25, -0.2) is 4.98 Å². The summed E-state index contributed by atoms with van der Waals surface area (Å²) < 4.78 is 47.1. The molecule has 1 heterocycles. The molecule has 0 saturated carbocycles. The van der Waals surface area contributed by atoms with Crippen LogP contribution in [0.2, 0.25) is 0 Å². The van der Waals surface area contributed by atoms with Crippen LogP contribution >= 0.6 is 11.3 Å². The SMILES string of the molecule is COCCNC(=O)c1ccc(CN(Cc2cccc(OC(F)(F)F)c2)c2nc(C(C)(C)C)cs2)cc1. The van der Waals surface area contributed by atoms with Crippen LogP contribution in [0.25, 0.3) is 0 Å². The molecular weight excluding hydrogens is 491 g/mol. The number of thiazole rings is 1. The number of alkyl halides is 3. The van der Waals surface area contributed by atoms with Gasteiger partial charge in [0.2, 0.25) is 0 Å². The van der Waals surface area contributed by atoms with Gasteiger partial charge in [0.05, 0.1) is 12.3 Å². The molecule has 194 valence electrons. The third kappa shape index (κ3) is 8.23. The summed E-state index contributed by atoms with van der Waals surface area (Å²) >= 11 is 1.48. The zero-order valence-corrected chi connectivity index (χ0v) is 21.5. The highest BCUT2D eigenvalue weighted by Gasteiger charge is 2.31. The first-order chi connectivity index (χ1) is 16.9. The fourth-order valence-electron chi connectivity index (χ4n) is 3.36.